The molecule has 4 aliphatic rings. The van der Waals surface area contributed by atoms with Crippen molar-refractivity contribution in [2.75, 3.05) is 6.61 Å². The van der Waals surface area contributed by atoms with Crippen LogP contribution in [0, 0.1) is 11.3 Å². The standard InChI is InChI=1S/C46H53NO16/c1-23-30(60-41(54)37(52)35(27-16-12-10-13-17-27)47-42(55)63-43(5,6)7)21-46(56)39(61-40(53)28-18-14-11-15-19-28)34-32(38(59-25(3)49)36(51)33(23)44(46,8)9)29(58-24(2)48)20-31-45(34,22-57-31)62-26(4)50/h10-19,29-31,34-35,37,39,52,56H,20-22H2,1-9H3,(H,47,55)/b38-32+/t29-,30-,31+,34+,35-,37+,39-,45-,46+/m0/s1. The molecule has 3 aliphatic carbocycles. The number of hydrogen-bond donors (Lipinski definition) is 3. The Morgan fingerprint density at radius 3 is 2.02 bits per heavy atom. The van der Waals surface area contributed by atoms with Gasteiger partial charge >= 0.3 is 35.9 Å². The van der Waals surface area contributed by atoms with Gasteiger partial charge in [-0.2, -0.15) is 0 Å². The largest absolute Gasteiger partial charge is 0.458 e. The number of carbonyl (C=O) groups is 7. The number of fused-ring (bicyclic) bond motifs is 5. The zero-order chi connectivity index (χ0) is 46.4. The molecule has 2 aromatic rings. The van der Waals surface area contributed by atoms with Crippen molar-refractivity contribution in [2.45, 2.75) is 129 Å². The van der Waals surface area contributed by atoms with E-state index in [1.807, 2.05) is 0 Å². The highest BCUT2D eigenvalue weighted by atomic mass is 16.6. The normalized spacial score (nSPS) is 29.4. The first-order valence-electron chi connectivity index (χ1n) is 20.5. The summed E-state index contributed by atoms with van der Waals surface area (Å²) in [4.78, 5) is 95.6. The molecule has 17 nitrogen and oxygen atoms in total. The van der Waals surface area contributed by atoms with Gasteiger partial charge in [0.25, 0.3) is 0 Å². The van der Waals surface area contributed by atoms with E-state index in [9.17, 15) is 39.0 Å². The fourth-order valence-electron chi connectivity index (χ4n) is 9.26. The summed E-state index contributed by atoms with van der Waals surface area (Å²) in [6.07, 6.45) is -9.76. The van der Waals surface area contributed by atoms with E-state index in [1.54, 1.807) is 69.3 Å². The van der Waals surface area contributed by atoms with Crippen molar-refractivity contribution >= 4 is 41.7 Å². The highest BCUT2D eigenvalue weighted by Crippen LogP contribution is 2.61. The van der Waals surface area contributed by atoms with E-state index in [-0.39, 0.29) is 35.3 Å². The van der Waals surface area contributed by atoms with Crippen LogP contribution in [-0.2, 0) is 57.1 Å². The Kier molecular flexibility index (Phi) is 12.8. The van der Waals surface area contributed by atoms with Crippen LogP contribution in [0.1, 0.15) is 97.1 Å². The monoisotopic (exact) mass is 875 g/mol. The van der Waals surface area contributed by atoms with Crippen LogP contribution in [0.5, 0.6) is 0 Å². The number of Topliss-reactive ketones (excluding diaryl/α,β-unsaturated/α-hetero) is 1. The first-order valence-corrected chi connectivity index (χ1v) is 20.5. The second-order valence-corrected chi connectivity index (χ2v) is 17.8. The molecule has 0 radical (unpaired) electrons. The van der Waals surface area contributed by atoms with Gasteiger partial charge in [-0.05, 0) is 51.0 Å². The number of ether oxygens (including phenoxy) is 7. The number of benzene rings is 2. The van der Waals surface area contributed by atoms with Gasteiger partial charge in [-0.25, -0.2) is 14.4 Å². The molecule has 1 amide bonds. The molecular weight excluding hydrogens is 822 g/mol. The van der Waals surface area contributed by atoms with E-state index in [2.05, 4.69) is 5.32 Å². The molecule has 6 rings (SSSR count). The number of aliphatic hydroxyl groups is 2. The fraction of sp³-hybridized carbons (Fsp3) is 0.500. The van der Waals surface area contributed by atoms with Crippen LogP contribution in [-0.4, -0.2) is 106 Å². The SMILES string of the molecule is CC(=O)O/C1=C2\[C@@H](OC(C)=O)C[C@H]3OC[C@@]3(OC(C)=O)[C@H]2[C@H](OC(=O)c2ccccc2)[C@]2(O)C[C@H](OC(=O)[C@H](O)[C@@H](NC(=O)OC(C)(C)C)c3ccccc3)C(C)=C(C1=O)C2(C)C. The lowest BCUT2D eigenvalue weighted by atomic mass is 9.51. The summed E-state index contributed by atoms with van der Waals surface area (Å²) >= 11 is 0. The van der Waals surface area contributed by atoms with Crippen LogP contribution in [0.4, 0.5) is 4.79 Å². The number of ketones is 1. The van der Waals surface area contributed by atoms with Gasteiger partial charge in [0.15, 0.2) is 17.5 Å². The molecule has 1 saturated heterocycles. The molecule has 9 atom stereocenters. The minimum atomic E-state index is -2.46. The summed E-state index contributed by atoms with van der Waals surface area (Å²) < 4.78 is 41.3. The van der Waals surface area contributed by atoms with Crippen molar-refractivity contribution < 1.29 is 76.9 Å². The average Bonchev–Trinajstić information content (AvgIpc) is 3.18. The average molecular weight is 876 g/mol. The maximum Gasteiger partial charge on any atom is 0.408 e. The lowest BCUT2D eigenvalue weighted by Crippen LogP contribution is -2.76. The van der Waals surface area contributed by atoms with Gasteiger partial charge in [0.2, 0.25) is 5.78 Å². The van der Waals surface area contributed by atoms with Crippen molar-refractivity contribution in [3.8, 4) is 0 Å². The van der Waals surface area contributed by atoms with Crippen LogP contribution >= 0.6 is 0 Å². The Balaban J connectivity index is 1.57. The lowest BCUT2D eigenvalue weighted by molar-refractivity contribution is -0.309. The van der Waals surface area contributed by atoms with E-state index in [0.29, 0.717) is 5.56 Å². The maximum absolute atomic E-state index is 15.3. The van der Waals surface area contributed by atoms with Gasteiger partial charge in [-0.15, -0.1) is 0 Å². The van der Waals surface area contributed by atoms with Crippen molar-refractivity contribution in [3.63, 3.8) is 0 Å². The fourth-order valence-corrected chi connectivity index (χ4v) is 9.26. The minimum Gasteiger partial charge on any atom is -0.458 e. The number of rotatable bonds is 10. The Hall–Kier alpha value is -5.91. The van der Waals surface area contributed by atoms with Crippen molar-refractivity contribution in [3.05, 3.63) is 94.3 Å². The van der Waals surface area contributed by atoms with Crippen LogP contribution in [0.25, 0.3) is 0 Å². The summed E-state index contributed by atoms with van der Waals surface area (Å²) in [6.45, 7) is 12.3. The van der Waals surface area contributed by atoms with E-state index in [0.717, 1.165) is 20.8 Å². The highest BCUT2D eigenvalue weighted by Gasteiger charge is 2.73. The second kappa shape index (κ2) is 17.3. The molecule has 2 aromatic carbocycles. The number of aliphatic hydroxyl groups excluding tert-OH is 1. The number of nitrogens with one attached hydrogen (secondary N) is 1. The van der Waals surface area contributed by atoms with Crippen LogP contribution in [0.2, 0.25) is 0 Å². The van der Waals surface area contributed by atoms with E-state index in [4.69, 9.17) is 33.2 Å². The molecule has 0 aromatic heterocycles. The Morgan fingerprint density at radius 1 is 0.857 bits per heavy atom. The molecule has 338 valence electrons. The van der Waals surface area contributed by atoms with E-state index in [1.165, 1.54) is 32.9 Å². The molecule has 0 spiro atoms. The Labute approximate surface area is 364 Å². The van der Waals surface area contributed by atoms with Gasteiger partial charge in [0.05, 0.1) is 24.1 Å². The first-order chi connectivity index (χ1) is 29.4. The third kappa shape index (κ3) is 8.86. The summed E-state index contributed by atoms with van der Waals surface area (Å²) in [6, 6.07) is 14.4. The summed E-state index contributed by atoms with van der Waals surface area (Å²) in [5.74, 6) is -8.11. The van der Waals surface area contributed by atoms with Crippen molar-refractivity contribution in [2.24, 2.45) is 11.3 Å². The molecule has 3 N–H and O–H groups in total. The van der Waals surface area contributed by atoms with Gasteiger partial charge in [0.1, 0.15) is 35.6 Å². The quantitative estimate of drug-likeness (QED) is 0.223. The maximum atomic E-state index is 15.3. The van der Waals surface area contributed by atoms with Crippen LogP contribution in [0.3, 0.4) is 0 Å². The highest BCUT2D eigenvalue weighted by molar-refractivity contribution is 6.10. The molecule has 1 saturated carbocycles. The topological polar surface area (TPSA) is 237 Å². The molecule has 0 unspecified atom stereocenters. The zero-order valence-corrected chi connectivity index (χ0v) is 36.5. The molecule has 2 bridgehead atoms. The van der Waals surface area contributed by atoms with Gasteiger partial charge in [-0.3, -0.25) is 19.2 Å². The van der Waals surface area contributed by atoms with Crippen LogP contribution < -0.4 is 5.32 Å². The molecule has 17 heteroatoms. The second-order valence-electron chi connectivity index (χ2n) is 17.8. The molecule has 1 heterocycles. The third-order valence-corrected chi connectivity index (χ3v) is 12.0. The minimum absolute atomic E-state index is 0.0383. The molecule has 63 heavy (non-hydrogen) atoms. The lowest BCUT2D eigenvalue weighted by Gasteiger charge is -2.63. The smallest absolute Gasteiger partial charge is 0.408 e. The number of alkyl carbamates (subject to hydrolysis) is 1. The van der Waals surface area contributed by atoms with E-state index < -0.39 is 119 Å². The number of carbonyl (C=O) groups excluding carboxylic acids is 7. The first kappa shape index (κ1) is 46.6. The number of esters is 5. The molecule has 2 fully saturated rings. The van der Waals surface area contributed by atoms with Crippen molar-refractivity contribution in [1.29, 1.82) is 0 Å². The van der Waals surface area contributed by atoms with Crippen molar-refractivity contribution in [1.82, 2.24) is 5.32 Å². The number of hydrogen-bond acceptors (Lipinski definition) is 16. The number of amides is 1. The van der Waals surface area contributed by atoms with Crippen LogP contribution in [0.15, 0.2) is 83.1 Å². The molecule has 1 aliphatic heterocycles. The predicted molar refractivity (Wildman–Crippen MR) is 218 cm³/mol. The summed E-state index contributed by atoms with van der Waals surface area (Å²) in [5.41, 5.74) is -7.03. The van der Waals surface area contributed by atoms with Gasteiger partial charge in [-0.1, -0.05) is 62.4 Å². The van der Waals surface area contributed by atoms with E-state index >= 15 is 4.79 Å². The Bertz CT molecular complexity index is 2240. The zero-order valence-electron chi connectivity index (χ0n) is 36.5. The van der Waals surface area contributed by atoms with Gasteiger partial charge < -0.3 is 48.7 Å². The Morgan fingerprint density at radius 2 is 1.48 bits per heavy atom. The third-order valence-electron chi connectivity index (χ3n) is 12.0. The summed E-state index contributed by atoms with van der Waals surface area (Å²) in [7, 11) is 0. The van der Waals surface area contributed by atoms with Gasteiger partial charge in [0, 0.05) is 50.2 Å². The number of allylic oxidation sites excluding steroid dienone is 1. The summed E-state index contributed by atoms with van der Waals surface area (Å²) in [5, 5.41) is 27.8. The predicted octanol–water partition coefficient (Wildman–Crippen LogP) is 4.28. The molecular formula is C46H53NO16.